The van der Waals surface area contributed by atoms with E-state index in [4.69, 9.17) is 16.7 Å². The third-order valence-corrected chi connectivity index (χ3v) is 2.70. The maximum Gasteiger partial charge on any atom is 0.335 e. The number of anilines is 2. The molecule has 0 atom stereocenters. The van der Waals surface area contributed by atoms with Crippen molar-refractivity contribution >= 4 is 28.9 Å². The fourth-order valence-corrected chi connectivity index (χ4v) is 1.66. The Bertz CT molecular complexity index is 647. The second-order valence-electron chi connectivity index (χ2n) is 3.75. The number of rotatable bonds is 3. The zero-order chi connectivity index (χ0) is 14.0. The van der Waals surface area contributed by atoms with Crippen LogP contribution < -0.4 is 5.32 Å². The highest BCUT2D eigenvalue weighted by atomic mass is 35.5. The summed E-state index contributed by atoms with van der Waals surface area (Å²) in [6.07, 6.45) is 0. The van der Waals surface area contributed by atoms with Crippen LogP contribution in [0.25, 0.3) is 0 Å². The molecule has 0 saturated carbocycles. The average Bonchev–Trinajstić information content (AvgIpc) is 2.36. The minimum Gasteiger partial charge on any atom is -0.478 e. The van der Waals surface area contributed by atoms with Crippen LogP contribution in [0.5, 0.6) is 0 Å². The van der Waals surface area contributed by atoms with E-state index in [1.54, 1.807) is 0 Å². The fraction of sp³-hybridized carbons (Fsp3) is 0. The number of benzene rings is 2. The molecule has 2 aromatic carbocycles. The summed E-state index contributed by atoms with van der Waals surface area (Å²) < 4.78 is 26.6. The van der Waals surface area contributed by atoms with Gasteiger partial charge in [0, 0.05) is 5.69 Å². The van der Waals surface area contributed by atoms with Crippen molar-refractivity contribution in [1.82, 2.24) is 0 Å². The number of hydrogen-bond donors (Lipinski definition) is 2. The Balaban J connectivity index is 2.28. The predicted molar refractivity (Wildman–Crippen MR) is 68.1 cm³/mol. The van der Waals surface area contributed by atoms with E-state index in [1.165, 1.54) is 24.3 Å². The molecule has 0 amide bonds. The first kappa shape index (κ1) is 13.3. The van der Waals surface area contributed by atoms with Gasteiger partial charge in [-0.2, -0.15) is 0 Å². The van der Waals surface area contributed by atoms with E-state index in [-0.39, 0.29) is 16.3 Å². The van der Waals surface area contributed by atoms with E-state index in [2.05, 4.69) is 5.32 Å². The maximum absolute atomic E-state index is 13.6. The van der Waals surface area contributed by atoms with Crippen LogP contribution in [0.1, 0.15) is 10.4 Å². The molecule has 2 N–H and O–H groups in total. The van der Waals surface area contributed by atoms with E-state index < -0.39 is 17.6 Å². The Morgan fingerprint density at radius 1 is 1.11 bits per heavy atom. The van der Waals surface area contributed by atoms with E-state index in [9.17, 15) is 13.6 Å². The van der Waals surface area contributed by atoms with Gasteiger partial charge in [0.15, 0.2) is 0 Å². The summed E-state index contributed by atoms with van der Waals surface area (Å²) in [7, 11) is 0. The smallest absolute Gasteiger partial charge is 0.335 e. The van der Waals surface area contributed by atoms with Gasteiger partial charge in [-0.25, -0.2) is 13.6 Å². The van der Waals surface area contributed by atoms with Gasteiger partial charge in [-0.1, -0.05) is 11.6 Å². The van der Waals surface area contributed by atoms with Gasteiger partial charge in [-0.05, 0) is 36.4 Å². The lowest BCUT2D eigenvalue weighted by atomic mass is 10.2. The second kappa shape index (κ2) is 5.24. The molecule has 0 aliphatic heterocycles. The SMILES string of the molecule is O=C(O)c1ccc(Nc2ccc(F)c(Cl)c2)c(F)c1. The number of carboxylic acid groups (broad SMARTS) is 1. The van der Waals surface area contributed by atoms with Crippen molar-refractivity contribution in [3.8, 4) is 0 Å². The van der Waals surface area contributed by atoms with Crippen LogP contribution in [-0.2, 0) is 0 Å². The number of halogens is 3. The third-order valence-electron chi connectivity index (χ3n) is 2.41. The zero-order valence-corrected chi connectivity index (χ0v) is 10.2. The van der Waals surface area contributed by atoms with Crippen LogP contribution >= 0.6 is 11.6 Å². The van der Waals surface area contributed by atoms with E-state index in [0.29, 0.717) is 5.69 Å². The molecule has 19 heavy (non-hydrogen) atoms. The number of hydrogen-bond acceptors (Lipinski definition) is 2. The second-order valence-corrected chi connectivity index (χ2v) is 4.16. The molecule has 0 radical (unpaired) electrons. The Labute approximate surface area is 112 Å². The van der Waals surface area contributed by atoms with Crippen molar-refractivity contribution in [2.24, 2.45) is 0 Å². The fourth-order valence-electron chi connectivity index (χ4n) is 1.48. The molecule has 0 bridgehead atoms. The highest BCUT2D eigenvalue weighted by Gasteiger charge is 2.09. The summed E-state index contributed by atoms with van der Waals surface area (Å²) in [5.74, 6) is -2.51. The summed E-state index contributed by atoms with van der Waals surface area (Å²) in [6.45, 7) is 0. The lowest BCUT2D eigenvalue weighted by Crippen LogP contribution is -2.00. The lowest BCUT2D eigenvalue weighted by molar-refractivity contribution is 0.0696. The minimum absolute atomic E-state index is 0.0766. The molecule has 0 aliphatic rings. The van der Waals surface area contributed by atoms with Gasteiger partial charge in [-0.15, -0.1) is 0 Å². The molecule has 0 aliphatic carbocycles. The molecule has 0 fully saturated rings. The lowest BCUT2D eigenvalue weighted by Gasteiger charge is -2.08. The van der Waals surface area contributed by atoms with Crippen molar-refractivity contribution in [2.45, 2.75) is 0 Å². The molecule has 0 spiro atoms. The summed E-state index contributed by atoms with van der Waals surface area (Å²) in [5.41, 5.74) is 0.321. The summed E-state index contributed by atoms with van der Waals surface area (Å²) in [5, 5.41) is 11.3. The zero-order valence-electron chi connectivity index (χ0n) is 9.45. The predicted octanol–water partition coefficient (Wildman–Crippen LogP) is 4.06. The Hall–Kier alpha value is -2.14. The van der Waals surface area contributed by atoms with Crippen LogP contribution in [0.15, 0.2) is 36.4 Å². The maximum atomic E-state index is 13.6. The monoisotopic (exact) mass is 283 g/mol. The standard InChI is InChI=1S/C13H8ClF2NO2/c14-9-6-8(2-3-10(9)15)17-12-4-1-7(13(18)19)5-11(12)16/h1-6,17H,(H,18,19). The Morgan fingerprint density at radius 3 is 2.42 bits per heavy atom. The third kappa shape index (κ3) is 3.00. The number of carbonyl (C=O) groups is 1. The normalized spacial score (nSPS) is 10.3. The molecule has 6 heteroatoms. The molecule has 2 aromatic rings. The molecule has 3 nitrogen and oxygen atoms in total. The first-order valence-corrected chi connectivity index (χ1v) is 5.60. The van der Waals surface area contributed by atoms with Crippen LogP contribution in [0.3, 0.4) is 0 Å². The molecule has 0 aromatic heterocycles. The van der Waals surface area contributed by atoms with Crippen molar-refractivity contribution in [1.29, 1.82) is 0 Å². The van der Waals surface area contributed by atoms with Crippen LogP contribution in [0, 0.1) is 11.6 Å². The van der Waals surface area contributed by atoms with Gasteiger partial charge >= 0.3 is 5.97 Å². The van der Waals surface area contributed by atoms with E-state index >= 15 is 0 Å². The Kier molecular flexibility index (Phi) is 3.66. The molecule has 98 valence electrons. The molecule has 0 saturated heterocycles. The van der Waals surface area contributed by atoms with Gasteiger partial charge in [0.25, 0.3) is 0 Å². The first-order chi connectivity index (χ1) is 8.97. The van der Waals surface area contributed by atoms with Crippen molar-refractivity contribution in [2.75, 3.05) is 5.32 Å². The van der Waals surface area contributed by atoms with Gasteiger partial charge in [0.2, 0.25) is 0 Å². The van der Waals surface area contributed by atoms with Crippen molar-refractivity contribution in [3.05, 3.63) is 58.6 Å². The first-order valence-electron chi connectivity index (χ1n) is 5.22. The Morgan fingerprint density at radius 2 is 1.84 bits per heavy atom. The van der Waals surface area contributed by atoms with Gasteiger partial charge in [0.1, 0.15) is 11.6 Å². The van der Waals surface area contributed by atoms with Crippen LogP contribution in [0.4, 0.5) is 20.2 Å². The highest BCUT2D eigenvalue weighted by molar-refractivity contribution is 6.31. The molecule has 2 rings (SSSR count). The number of nitrogens with one attached hydrogen (secondary N) is 1. The van der Waals surface area contributed by atoms with E-state index in [1.807, 2.05) is 0 Å². The largest absolute Gasteiger partial charge is 0.478 e. The van der Waals surface area contributed by atoms with Crippen LogP contribution in [0.2, 0.25) is 5.02 Å². The topological polar surface area (TPSA) is 49.3 Å². The minimum atomic E-state index is -1.21. The number of aromatic carboxylic acids is 1. The van der Waals surface area contributed by atoms with Crippen LogP contribution in [-0.4, -0.2) is 11.1 Å². The quantitative estimate of drug-likeness (QED) is 0.893. The summed E-state index contributed by atoms with van der Waals surface area (Å²) in [6, 6.07) is 7.30. The van der Waals surface area contributed by atoms with Crippen molar-refractivity contribution < 1.29 is 18.7 Å². The summed E-state index contributed by atoms with van der Waals surface area (Å²) >= 11 is 5.60. The summed E-state index contributed by atoms with van der Waals surface area (Å²) in [4.78, 5) is 10.7. The molecule has 0 heterocycles. The number of carboxylic acids is 1. The molecular weight excluding hydrogens is 276 g/mol. The van der Waals surface area contributed by atoms with Crippen molar-refractivity contribution in [3.63, 3.8) is 0 Å². The highest BCUT2D eigenvalue weighted by Crippen LogP contribution is 2.24. The molecule has 0 unspecified atom stereocenters. The van der Waals surface area contributed by atoms with E-state index in [0.717, 1.165) is 12.1 Å². The average molecular weight is 284 g/mol. The van der Waals surface area contributed by atoms with Gasteiger partial charge < -0.3 is 10.4 Å². The van der Waals surface area contributed by atoms with Gasteiger partial charge in [-0.3, -0.25) is 0 Å². The van der Waals surface area contributed by atoms with Gasteiger partial charge in [0.05, 0.1) is 16.3 Å². The molecular formula is C13H8ClF2NO2.